The summed E-state index contributed by atoms with van der Waals surface area (Å²) in [7, 11) is 1.56. The fraction of sp³-hybridized carbons (Fsp3) is 0.407. The van der Waals surface area contributed by atoms with E-state index in [-0.39, 0.29) is 24.4 Å². The lowest BCUT2D eigenvalue weighted by Crippen LogP contribution is -2.50. The molecule has 0 aliphatic carbocycles. The third kappa shape index (κ3) is 7.39. The van der Waals surface area contributed by atoms with Crippen molar-refractivity contribution < 1.29 is 28.7 Å². The van der Waals surface area contributed by atoms with Gasteiger partial charge in [-0.3, -0.25) is 14.4 Å². The summed E-state index contributed by atoms with van der Waals surface area (Å²) < 4.78 is 10.5. The molecule has 1 aliphatic rings. The largest absolute Gasteiger partial charge is 0.497 e. The number of Topliss-reactive ketones (excluding diaryl/α,β-unsaturated/α-hetero) is 2. The molecular formula is C27H33N3O6. The highest BCUT2D eigenvalue weighted by Crippen LogP contribution is 2.29. The third-order valence-electron chi connectivity index (χ3n) is 6.32. The van der Waals surface area contributed by atoms with Crippen molar-refractivity contribution in [2.75, 3.05) is 13.7 Å². The number of benzene rings is 2. The van der Waals surface area contributed by atoms with Gasteiger partial charge in [0.1, 0.15) is 11.4 Å². The lowest BCUT2D eigenvalue weighted by atomic mass is 9.89. The zero-order valence-corrected chi connectivity index (χ0v) is 20.8. The summed E-state index contributed by atoms with van der Waals surface area (Å²) in [4.78, 5) is 50.7. The maximum atomic E-state index is 13.5. The number of rotatable bonds is 13. The second-order valence-electron chi connectivity index (χ2n) is 9.28. The van der Waals surface area contributed by atoms with Crippen molar-refractivity contribution in [3.63, 3.8) is 0 Å². The molecule has 1 fully saturated rings. The topological polar surface area (TPSA) is 140 Å². The molecule has 2 aromatic carbocycles. The van der Waals surface area contributed by atoms with Crippen molar-refractivity contribution in [1.82, 2.24) is 10.6 Å². The molecule has 0 unspecified atom stereocenters. The Hall–Kier alpha value is -3.72. The fourth-order valence-corrected chi connectivity index (χ4v) is 3.98. The normalized spacial score (nSPS) is 18.9. The van der Waals surface area contributed by atoms with Crippen molar-refractivity contribution in [2.45, 2.75) is 50.8 Å². The molecule has 0 radical (unpaired) electrons. The van der Waals surface area contributed by atoms with E-state index in [9.17, 15) is 19.2 Å². The number of hydrogen-bond donors (Lipinski definition) is 3. The number of amides is 3. The molecule has 3 amide bonds. The minimum absolute atomic E-state index is 0.140. The van der Waals surface area contributed by atoms with Crippen molar-refractivity contribution in [3.05, 3.63) is 65.7 Å². The molecule has 0 spiro atoms. The first-order valence-electron chi connectivity index (χ1n) is 11.9. The van der Waals surface area contributed by atoms with Gasteiger partial charge in [0.05, 0.1) is 25.8 Å². The highest BCUT2D eigenvalue weighted by molar-refractivity contribution is 5.98. The summed E-state index contributed by atoms with van der Waals surface area (Å²) in [6.45, 7) is 3.52. The van der Waals surface area contributed by atoms with Crippen LogP contribution >= 0.6 is 0 Å². The second-order valence-corrected chi connectivity index (χ2v) is 9.28. The Morgan fingerprint density at radius 2 is 1.61 bits per heavy atom. The molecule has 9 nitrogen and oxygen atoms in total. The van der Waals surface area contributed by atoms with E-state index < -0.39 is 35.5 Å². The van der Waals surface area contributed by atoms with Crippen LogP contribution in [0.4, 0.5) is 4.79 Å². The van der Waals surface area contributed by atoms with Crippen LogP contribution in [0.5, 0.6) is 5.75 Å². The van der Waals surface area contributed by atoms with Crippen LogP contribution in [0.3, 0.4) is 0 Å². The standard InChI is InChI=1S/C27H33N3O6/c1-17(29-26(28)34)23(31)15-20(13-19-9-11-21(35-3)12-10-19)25(33)30-22(24(32)27(2)16-36-27)14-18-7-5-4-6-8-18/h4-12,17,20,22H,13-16H2,1-3H3,(H,30,33)(H3,28,29,34)/t17-,20+,22-,27+/m0/s1. The minimum Gasteiger partial charge on any atom is -0.497 e. The van der Waals surface area contributed by atoms with Gasteiger partial charge >= 0.3 is 6.03 Å². The fourth-order valence-electron chi connectivity index (χ4n) is 3.98. The van der Waals surface area contributed by atoms with Gasteiger partial charge in [-0.25, -0.2) is 4.79 Å². The van der Waals surface area contributed by atoms with Gasteiger partial charge in [-0.2, -0.15) is 0 Å². The number of primary amides is 1. The van der Waals surface area contributed by atoms with Crippen molar-refractivity contribution >= 4 is 23.5 Å². The van der Waals surface area contributed by atoms with Crippen LogP contribution in [0.25, 0.3) is 0 Å². The van der Waals surface area contributed by atoms with Gasteiger partial charge in [0.2, 0.25) is 5.91 Å². The van der Waals surface area contributed by atoms with Crippen molar-refractivity contribution in [1.29, 1.82) is 0 Å². The van der Waals surface area contributed by atoms with E-state index in [2.05, 4.69) is 10.6 Å². The quantitative estimate of drug-likeness (QED) is 0.363. The van der Waals surface area contributed by atoms with E-state index in [0.29, 0.717) is 18.8 Å². The number of ether oxygens (including phenoxy) is 2. The molecule has 1 heterocycles. The van der Waals surface area contributed by atoms with E-state index in [1.807, 2.05) is 42.5 Å². The van der Waals surface area contributed by atoms with Crippen LogP contribution in [0, 0.1) is 5.92 Å². The van der Waals surface area contributed by atoms with Gasteiger partial charge in [0, 0.05) is 12.3 Å². The highest BCUT2D eigenvalue weighted by atomic mass is 16.6. The number of nitrogens with one attached hydrogen (secondary N) is 2. The van der Waals surface area contributed by atoms with Gasteiger partial charge in [-0.05, 0) is 49.9 Å². The minimum atomic E-state index is -0.923. The monoisotopic (exact) mass is 495 g/mol. The third-order valence-corrected chi connectivity index (χ3v) is 6.32. The smallest absolute Gasteiger partial charge is 0.312 e. The Kier molecular flexibility index (Phi) is 8.82. The molecule has 0 bridgehead atoms. The molecular weight excluding hydrogens is 462 g/mol. The van der Waals surface area contributed by atoms with Gasteiger partial charge in [0.25, 0.3) is 0 Å². The molecule has 1 saturated heterocycles. The number of urea groups is 1. The van der Waals surface area contributed by atoms with E-state index in [4.69, 9.17) is 15.2 Å². The van der Waals surface area contributed by atoms with E-state index in [1.54, 1.807) is 26.2 Å². The summed E-state index contributed by atoms with van der Waals surface area (Å²) in [5, 5.41) is 5.24. The molecule has 192 valence electrons. The molecule has 9 heteroatoms. The number of hydrogen-bond acceptors (Lipinski definition) is 6. The van der Waals surface area contributed by atoms with Gasteiger partial charge in [-0.1, -0.05) is 42.5 Å². The van der Waals surface area contributed by atoms with Crippen molar-refractivity contribution in [2.24, 2.45) is 11.7 Å². The molecule has 0 aromatic heterocycles. The first kappa shape index (κ1) is 26.9. The maximum Gasteiger partial charge on any atom is 0.312 e. The average Bonchev–Trinajstić information content (AvgIpc) is 3.61. The number of carbonyl (C=O) groups excluding carboxylic acids is 4. The maximum absolute atomic E-state index is 13.5. The zero-order valence-electron chi connectivity index (χ0n) is 20.8. The molecule has 1 aliphatic heterocycles. The number of methoxy groups -OCH3 is 1. The molecule has 0 saturated carbocycles. The Balaban J connectivity index is 1.81. The summed E-state index contributed by atoms with van der Waals surface area (Å²) in [6.07, 6.45) is 0.414. The molecule has 3 rings (SSSR count). The van der Waals surface area contributed by atoms with Crippen molar-refractivity contribution in [3.8, 4) is 5.75 Å². The zero-order chi connectivity index (χ0) is 26.3. The average molecular weight is 496 g/mol. The van der Waals surface area contributed by atoms with Crippen LogP contribution in [0.1, 0.15) is 31.4 Å². The predicted molar refractivity (Wildman–Crippen MR) is 133 cm³/mol. The Bertz CT molecular complexity index is 1080. The van der Waals surface area contributed by atoms with Gasteiger partial charge in [-0.15, -0.1) is 0 Å². The number of nitrogens with two attached hydrogens (primary N) is 1. The summed E-state index contributed by atoms with van der Waals surface area (Å²) in [5.74, 6) is -1.09. The summed E-state index contributed by atoms with van der Waals surface area (Å²) >= 11 is 0. The number of carbonyl (C=O) groups is 4. The molecule has 2 aromatic rings. The van der Waals surface area contributed by atoms with Gasteiger partial charge < -0.3 is 25.8 Å². The lowest BCUT2D eigenvalue weighted by molar-refractivity contribution is -0.134. The summed E-state index contributed by atoms with van der Waals surface area (Å²) in [6, 6.07) is 14.1. The second kappa shape index (κ2) is 11.8. The highest BCUT2D eigenvalue weighted by Gasteiger charge is 2.50. The first-order chi connectivity index (χ1) is 17.1. The molecule has 36 heavy (non-hydrogen) atoms. The predicted octanol–water partition coefficient (Wildman–Crippen LogP) is 1.96. The Labute approximate surface area is 210 Å². The number of ketones is 2. The number of epoxide rings is 1. The van der Waals surface area contributed by atoms with E-state index in [0.717, 1.165) is 11.1 Å². The molecule has 4 atom stereocenters. The van der Waals surface area contributed by atoms with E-state index in [1.165, 1.54) is 6.92 Å². The summed E-state index contributed by atoms with van der Waals surface area (Å²) in [5.41, 5.74) is 5.94. The van der Waals surface area contributed by atoms with Crippen LogP contribution in [-0.4, -0.2) is 54.9 Å². The van der Waals surface area contributed by atoms with E-state index >= 15 is 0 Å². The van der Waals surface area contributed by atoms with Crippen LogP contribution in [0.2, 0.25) is 0 Å². The first-order valence-corrected chi connectivity index (χ1v) is 11.9. The van der Waals surface area contributed by atoms with Crippen LogP contribution in [0.15, 0.2) is 54.6 Å². The van der Waals surface area contributed by atoms with Gasteiger partial charge in [0.15, 0.2) is 11.6 Å². The Morgan fingerprint density at radius 1 is 1.00 bits per heavy atom. The Morgan fingerprint density at radius 3 is 2.17 bits per heavy atom. The molecule has 4 N–H and O–H groups in total. The SMILES string of the molecule is COc1ccc(C[C@H](CC(=O)[C@H](C)NC(N)=O)C(=O)N[C@@H](Cc2ccccc2)C(=O)[C@@]2(C)CO2)cc1. The van der Waals surface area contributed by atoms with Crippen LogP contribution < -0.4 is 21.1 Å². The lowest BCUT2D eigenvalue weighted by Gasteiger charge is -2.24. The van der Waals surface area contributed by atoms with Crippen LogP contribution in [-0.2, 0) is 32.0 Å².